The van der Waals surface area contributed by atoms with Crippen molar-refractivity contribution in [3.05, 3.63) is 29.6 Å². The highest BCUT2D eigenvalue weighted by Gasteiger charge is 2.33. The standard InChI is InChI=1S/C15H19FN2O.ClH/c1-10(12-8-17-9-12)15(19)18-6-2-3-11-7-13(16)4-5-14(11)18;/h4-5,7,10,12,17H,2-3,6,8-9H2,1H3;1H. The summed E-state index contributed by atoms with van der Waals surface area (Å²) >= 11 is 0. The molecule has 2 aliphatic rings. The quantitative estimate of drug-likeness (QED) is 0.909. The summed E-state index contributed by atoms with van der Waals surface area (Å²) in [5.74, 6) is 0.443. The zero-order valence-electron chi connectivity index (χ0n) is 11.6. The summed E-state index contributed by atoms with van der Waals surface area (Å²) in [6.45, 7) is 4.61. The topological polar surface area (TPSA) is 32.3 Å². The van der Waals surface area contributed by atoms with Crippen LogP contribution in [0.1, 0.15) is 18.9 Å². The minimum absolute atomic E-state index is 0. The van der Waals surface area contributed by atoms with E-state index in [1.165, 1.54) is 6.07 Å². The highest BCUT2D eigenvalue weighted by Crippen LogP contribution is 2.30. The molecule has 1 amide bonds. The molecule has 1 aromatic carbocycles. The first-order valence-corrected chi connectivity index (χ1v) is 6.97. The Morgan fingerprint density at radius 3 is 2.85 bits per heavy atom. The monoisotopic (exact) mass is 298 g/mol. The van der Waals surface area contributed by atoms with Crippen LogP contribution >= 0.6 is 12.4 Å². The van der Waals surface area contributed by atoms with E-state index >= 15 is 0 Å². The van der Waals surface area contributed by atoms with Gasteiger partial charge in [0.05, 0.1) is 0 Å². The van der Waals surface area contributed by atoms with E-state index in [2.05, 4.69) is 5.32 Å². The van der Waals surface area contributed by atoms with Crippen molar-refractivity contribution in [3.8, 4) is 0 Å². The maximum Gasteiger partial charge on any atom is 0.230 e. The van der Waals surface area contributed by atoms with Crippen LogP contribution in [0, 0.1) is 17.7 Å². The molecule has 5 heteroatoms. The zero-order valence-corrected chi connectivity index (χ0v) is 12.4. The molecule has 0 radical (unpaired) electrons. The second kappa shape index (κ2) is 6.10. The minimum atomic E-state index is -0.218. The van der Waals surface area contributed by atoms with Crippen molar-refractivity contribution in [3.63, 3.8) is 0 Å². The molecule has 0 bridgehead atoms. The number of nitrogens with zero attached hydrogens (tertiary/aromatic N) is 1. The molecule has 3 nitrogen and oxygen atoms in total. The van der Waals surface area contributed by atoms with Crippen molar-refractivity contribution in [1.29, 1.82) is 0 Å². The van der Waals surface area contributed by atoms with Crippen molar-refractivity contribution >= 4 is 24.0 Å². The Labute approximate surface area is 124 Å². The number of fused-ring (bicyclic) bond motifs is 1. The number of hydrogen-bond donors (Lipinski definition) is 1. The molecular formula is C15H20ClFN2O. The van der Waals surface area contributed by atoms with Gasteiger partial charge in [0.1, 0.15) is 5.82 Å². The number of rotatable bonds is 2. The fourth-order valence-electron chi connectivity index (χ4n) is 2.91. The molecule has 110 valence electrons. The maximum atomic E-state index is 13.3. The Hall–Kier alpha value is -1.13. The summed E-state index contributed by atoms with van der Waals surface area (Å²) in [4.78, 5) is 14.4. The molecule has 0 spiro atoms. The fraction of sp³-hybridized carbons (Fsp3) is 0.533. The molecule has 20 heavy (non-hydrogen) atoms. The lowest BCUT2D eigenvalue weighted by atomic mass is 9.87. The Morgan fingerprint density at radius 2 is 2.20 bits per heavy atom. The number of carbonyl (C=O) groups is 1. The summed E-state index contributed by atoms with van der Waals surface area (Å²) in [7, 11) is 0. The summed E-state index contributed by atoms with van der Waals surface area (Å²) in [6.07, 6.45) is 1.77. The van der Waals surface area contributed by atoms with Crippen LogP contribution in [0.4, 0.5) is 10.1 Å². The molecule has 1 atom stereocenters. The van der Waals surface area contributed by atoms with Crippen LogP contribution in [-0.2, 0) is 11.2 Å². The highest BCUT2D eigenvalue weighted by atomic mass is 35.5. The summed E-state index contributed by atoms with van der Waals surface area (Å²) < 4.78 is 13.3. The van der Waals surface area contributed by atoms with Gasteiger partial charge in [-0.3, -0.25) is 4.79 Å². The van der Waals surface area contributed by atoms with Gasteiger partial charge in [0.25, 0.3) is 0 Å². The molecule has 2 heterocycles. The van der Waals surface area contributed by atoms with Gasteiger partial charge in [-0.2, -0.15) is 0 Å². The third-order valence-electron chi connectivity index (χ3n) is 4.34. The van der Waals surface area contributed by atoms with Crippen molar-refractivity contribution < 1.29 is 9.18 Å². The van der Waals surface area contributed by atoms with Gasteiger partial charge in [0, 0.05) is 18.2 Å². The first-order chi connectivity index (χ1) is 9.16. The van der Waals surface area contributed by atoms with Crippen LogP contribution in [0.15, 0.2) is 18.2 Å². The number of amides is 1. The molecule has 1 N–H and O–H groups in total. The van der Waals surface area contributed by atoms with E-state index in [0.717, 1.165) is 43.7 Å². The van der Waals surface area contributed by atoms with Gasteiger partial charge in [-0.1, -0.05) is 6.92 Å². The van der Waals surface area contributed by atoms with Gasteiger partial charge in [-0.05, 0) is 55.6 Å². The Bertz CT molecular complexity index is 505. The summed E-state index contributed by atoms with van der Waals surface area (Å²) in [6, 6.07) is 4.75. The van der Waals surface area contributed by atoms with Crippen LogP contribution in [0.5, 0.6) is 0 Å². The lowest BCUT2D eigenvalue weighted by molar-refractivity contribution is -0.124. The van der Waals surface area contributed by atoms with E-state index in [0.29, 0.717) is 5.92 Å². The number of hydrogen-bond acceptors (Lipinski definition) is 2. The number of benzene rings is 1. The molecular weight excluding hydrogens is 279 g/mol. The predicted octanol–water partition coefficient (Wildman–Crippen LogP) is 2.38. The molecule has 1 unspecified atom stereocenters. The van der Waals surface area contributed by atoms with Crippen LogP contribution in [0.2, 0.25) is 0 Å². The SMILES string of the molecule is CC(C(=O)N1CCCc2cc(F)ccc21)C1CNC1.Cl. The van der Waals surface area contributed by atoms with Crippen LogP contribution in [0.25, 0.3) is 0 Å². The normalized spacial score (nSPS) is 19.6. The molecule has 2 aliphatic heterocycles. The van der Waals surface area contributed by atoms with Crippen LogP contribution < -0.4 is 10.2 Å². The second-order valence-corrected chi connectivity index (χ2v) is 5.57. The first kappa shape index (κ1) is 15.3. The lowest BCUT2D eigenvalue weighted by Gasteiger charge is -2.37. The van der Waals surface area contributed by atoms with Gasteiger partial charge in [0.2, 0.25) is 5.91 Å². The summed E-state index contributed by atoms with van der Waals surface area (Å²) in [5.41, 5.74) is 1.86. The third-order valence-corrected chi connectivity index (χ3v) is 4.34. The zero-order chi connectivity index (χ0) is 13.4. The molecule has 3 rings (SSSR count). The Morgan fingerprint density at radius 1 is 1.45 bits per heavy atom. The average molecular weight is 299 g/mol. The first-order valence-electron chi connectivity index (χ1n) is 6.97. The van der Waals surface area contributed by atoms with E-state index in [1.54, 1.807) is 12.1 Å². The van der Waals surface area contributed by atoms with E-state index in [1.807, 2.05) is 11.8 Å². The third kappa shape index (κ3) is 2.67. The van der Waals surface area contributed by atoms with Crippen molar-refractivity contribution in [2.75, 3.05) is 24.5 Å². The molecule has 1 saturated heterocycles. The number of nitrogens with one attached hydrogen (secondary N) is 1. The van der Waals surface area contributed by atoms with Gasteiger partial charge in [-0.15, -0.1) is 12.4 Å². The second-order valence-electron chi connectivity index (χ2n) is 5.57. The Balaban J connectivity index is 0.00000147. The number of carbonyl (C=O) groups excluding carboxylic acids is 1. The Kier molecular flexibility index (Phi) is 4.66. The smallest absolute Gasteiger partial charge is 0.230 e. The van der Waals surface area contributed by atoms with Crippen molar-refractivity contribution in [1.82, 2.24) is 5.32 Å². The largest absolute Gasteiger partial charge is 0.316 e. The molecule has 0 aromatic heterocycles. The number of aryl methyl sites for hydroxylation is 1. The molecule has 0 aliphatic carbocycles. The molecule has 0 saturated carbocycles. The van der Waals surface area contributed by atoms with Crippen LogP contribution in [-0.4, -0.2) is 25.5 Å². The van der Waals surface area contributed by atoms with E-state index in [-0.39, 0.29) is 30.0 Å². The van der Waals surface area contributed by atoms with E-state index < -0.39 is 0 Å². The van der Waals surface area contributed by atoms with Crippen molar-refractivity contribution in [2.24, 2.45) is 11.8 Å². The van der Waals surface area contributed by atoms with Crippen LogP contribution in [0.3, 0.4) is 0 Å². The predicted molar refractivity (Wildman–Crippen MR) is 79.8 cm³/mol. The highest BCUT2D eigenvalue weighted by molar-refractivity contribution is 5.96. The van der Waals surface area contributed by atoms with Crippen molar-refractivity contribution in [2.45, 2.75) is 19.8 Å². The molecule has 1 aromatic rings. The maximum absolute atomic E-state index is 13.3. The van der Waals surface area contributed by atoms with Gasteiger partial charge < -0.3 is 10.2 Å². The van der Waals surface area contributed by atoms with Gasteiger partial charge >= 0.3 is 0 Å². The lowest BCUT2D eigenvalue weighted by Crippen LogP contribution is -2.51. The van der Waals surface area contributed by atoms with Gasteiger partial charge in [0.15, 0.2) is 0 Å². The fourth-order valence-corrected chi connectivity index (χ4v) is 2.91. The minimum Gasteiger partial charge on any atom is -0.316 e. The molecule has 1 fully saturated rings. The number of halogens is 2. The van der Waals surface area contributed by atoms with E-state index in [9.17, 15) is 9.18 Å². The van der Waals surface area contributed by atoms with Gasteiger partial charge in [-0.25, -0.2) is 4.39 Å². The average Bonchev–Trinajstić information content (AvgIpc) is 2.34. The van der Waals surface area contributed by atoms with E-state index in [4.69, 9.17) is 0 Å². The number of anilines is 1. The summed E-state index contributed by atoms with van der Waals surface area (Å²) in [5, 5.41) is 3.21.